The minimum Gasteiger partial charge on any atom is -0.461 e. The molecule has 2 atom stereocenters. The maximum Gasteiger partial charge on any atom is 0.357 e. The molecule has 32 heavy (non-hydrogen) atoms. The van der Waals surface area contributed by atoms with Crippen LogP contribution in [0.25, 0.3) is 0 Å². The maximum absolute atomic E-state index is 12.1. The van der Waals surface area contributed by atoms with Crippen LogP contribution in [0, 0.1) is 11.3 Å². The standard InChI is InChI=1S/C25H29N2O3SSi/c1-5-29-23(28)21-17-31-24(26-21)27-16-20(25(2,3)4)22(27)30-32(18-12-8-6-9-13-18)19-14-10-7-11-15-19/h6-15,17,20,22H,5,16H2,1-4H3. The van der Waals surface area contributed by atoms with Gasteiger partial charge in [0, 0.05) is 17.8 Å². The lowest BCUT2D eigenvalue weighted by molar-refractivity contribution is 0.00489. The second kappa shape index (κ2) is 9.56. The number of thiazole rings is 1. The van der Waals surface area contributed by atoms with Crippen LogP contribution < -0.4 is 15.3 Å². The Morgan fingerprint density at radius 1 is 1.09 bits per heavy atom. The van der Waals surface area contributed by atoms with Crippen molar-refractivity contribution in [1.29, 1.82) is 0 Å². The molecule has 5 nitrogen and oxygen atoms in total. The summed E-state index contributed by atoms with van der Waals surface area (Å²) in [5.74, 6) is -0.0245. The number of hydrogen-bond acceptors (Lipinski definition) is 6. The molecule has 0 aliphatic carbocycles. The Balaban J connectivity index is 1.64. The van der Waals surface area contributed by atoms with Gasteiger partial charge in [-0.15, -0.1) is 11.3 Å². The van der Waals surface area contributed by atoms with Gasteiger partial charge in [0.25, 0.3) is 9.04 Å². The van der Waals surface area contributed by atoms with Crippen molar-refractivity contribution in [1.82, 2.24) is 4.98 Å². The number of aromatic nitrogens is 1. The summed E-state index contributed by atoms with van der Waals surface area (Å²) < 4.78 is 12.1. The van der Waals surface area contributed by atoms with Crippen LogP contribution in [0.3, 0.4) is 0 Å². The van der Waals surface area contributed by atoms with Crippen molar-refractivity contribution in [3.05, 3.63) is 71.7 Å². The lowest BCUT2D eigenvalue weighted by Crippen LogP contribution is -2.65. The Morgan fingerprint density at radius 2 is 1.69 bits per heavy atom. The SMILES string of the molecule is CCOC(=O)c1csc(N2CC(C(C)(C)C)C2O[Si](c2ccccc2)c2ccccc2)n1. The number of rotatable bonds is 7. The number of hydrogen-bond donors (Lipinski definition) is 0. The molecule has 2 unspecified atom stereocenters. The molecular weight excluding hydrogens is 436 g/mol. The average molecular weight is 466 g/mol. The number of carbonyl (C=O) groups excluding carboxylic acids is 1. The number of esters is 1. The third-order valence-electron chi connectivity index (χ3n) is 5.69. The number of carbonyl (C=O) groups is 1. The summed E-state index contributed by atoms with van der Waals surface area (Å²) in [7, 11) is -1.47. The van der Waals surface area contributed by atoms with Crippen LogP contribution >= 0.6 is 11.3 Å². The van der Waals surface area contributed by atoms with E-state index in [1.165, 1.54) is 21.7 Å². The molecule has 1 radical (unpaired) electrons. The van der Waals surface area contributed by atoms with Crippen LogP contribution in [-0.4, -0.2) is 39.4 Å². The van der Waals surface area contributed by atoms with Crippen LogP contribution in [0.1, 0.15) is 38.2 Å². The molecule has 0 amide bonds. The van der Waals surface area contributed by atoms with Crippen molar-refractivity contribution >= 4 is 41.9 Å². The van der Waals surface area contributed by atoms with Crippen LogP contribution in [0.2, 0.25) is 0 Å². The fourth-order valence-corrected chi connectivity index (χ4v) is 6.78. The van der Waals surface area contributed by atoms with Crippen LogP contribution in [0.5, 0.6) is 0 Å². The first-order valence-electron chi connectivity index (χ1n) is 10.9. The van der Waals surface area contributed by atoms with Gasteiger partial charge in [-0.2, -0.15) is 0 Å². The molecule has 167 valence electrons. The first-order valence-corrected chi connectivity index (χ1v) is 13.2. The smallest absolute Gasteiger partial charge is 0.357 e. The fraction of sp³-hybridized carbons (Fsp3) is 0.360. The van der Waals surface area contributed by atoms with Crippen molar-refractivity contribution in [2.75, 3.05) is 18.1 Å². The fourth-order valence-electron chi connectivity index (χ4n) is 3.82. The van der Waals surface area contributed by atoms with Gasteiger partial charge in [-0.05, 0) is 22.7 Å². The minimum absolute atomic E-state index is 0.0861. The highest BCUT2D eigenvalue weighted by Gasteiger charge is 2.48. The Kier molecular flexibility index (Phi) is 6.78. The third-order valence-corrected chi connectivity index (χ3v) is 8.76. The lowest BCUT2D eigenvalue weighted by Gasteiger charge is -2.53. The third kappa shape index (κ3) is 4.80. The van der Waals surface area contributed by atoms with E-state index in [4.69, 9.17) is 9.16 Å². The van der Waals surface area contributed by atoms with Crippen molar-refractivity contribution in [2.45, 2.75) is 33.9 Å². The molecule has 2 heterocycles. The van der Waals surface area contributed by atoms with Gasteiger partial charge in [-0.1, -0.05) is 81.4 Å². The van der Waals surface area contributed by atoms with Gasteiger partial charge < -0.3 is 14.1 Å². The minimum atomic E-state index is -1.47. The van der Waals surface area contributed by atoms with Crippen molar-refractivity contribution in [3.8, 4) is 0 Å². The second-order valence-electron chi connectivity index (χ2n) is 8.93. The molecular formula is C25H29N2O3SSi. The molecule has 0 saturated carbocycles. The van der Waals surface area contributed by atoms with Gasteiger partial charge in [-0.3, -0.25) is 0 Å². The zero-order valence-corrected chi connectivity index (χ0v) is 20.8. The molecule has 2 aromatic carbocycles. The van der Waals surface area contributed by atoms with Crippen LogP contribution in [-0.2, 0) is 9.16 Å². The van der Waals surface area contributed by atoms with Crippen molar-refractivity contribution in [3.63, 3.8) is 0 Å². The molecule has 0 spiro atoms. The molecule has 1 aliphatic rings. The maximum atomic E-state index is 12.1. The Hall–Kier alpha value is -2.48. The summed E-state index contributed by atoms with van der Waals surface area (Å²) in [4.78, 5) is 18.9. The highest BCUT2D eigenvalue weighted by atomic mass is 32.1. The van der Waals surface area contributed by atoms with E-state index < -0.39 is 9.04 Å². The van der Waals surface area contributed by atoms with E-state index in [-0.39, 0.29) is 17.6 Å². The number of benzene rings is 2. The highest BCUT2D eigenvalue weighted by Crippen LogP contribution is 2.43. The first kappa shape index (κ1) is 22.7. The number of ether oxygens (including phenoxy) is 1. The van der Waals surface area contributed by atoms with Gasteiger partial charge in [-0.25, -0.2) is 9.78 Å². The molecule has 1 saturated heterocycles. The summed E-state index contributed by atoms with van der Waals surface area (Å²) in [6.07, 6.45) is -0.106. The summed E-state index contributed by atoms with van der Waals surface area (Å²) in [6.45, 7) is 9.77. The molecule has 3 aromatic rings. The molecule has 1 aliphatic heterocycles. The Bertz CT molecular complexity index is 997. The first-order chi connectivity index (χ1) is 15.4. The van der Waals surface area contributed by atoms with Gasteiger partial charge in [0.15, 0.2) is 10.8 Å². The van der Waals surface area contributed by atoms with E-state index in [9.17, 15) is 4.79 Å². The predicted molar refractivity (Wildman–Crippen MR) is 131 cm³/mol. The van der Waals surface area contributed by atoms with Gasteiger partial charge in [0.1, 0.15) is 6.23 Å². The normalized spacial score (nSPS) is 18.5. The average Bonchev–Trinajstić information content (AvgIpc) is 3.23. The van der Waals surface area contributed by atoms with Crippen molar-refractivity contribution < 1.29 is 14.0 Å². The largest absolute Gasteiger partial charge is 0.461 e. The van der Waals surface area contributed by atoms with Gasteiger partial charge in [0.05, 0.1) is 6.61 Å². The van der Waals surface area contributed by atoms with Crippen molar-refractivity contribution in [2.24, 2.45) is 11.3 Å². The molecule has 0 N–H and O–H groups in total. The summed E-state index contributed by atoms with van der Waals surface area (Å²) in [5, 5.41) is 5.01. The molecule has 7 heteroatoms. The van der Waals surface area contributed by atoms with Gasteiger partial charge in [0.2, 0.25) is 0 Å². The van der Waals surface area contributed by atoms with Crippen LogP contribution in [0.15, 0.2) is 66.0 Å². The van der Waals surface area contributed by atoms with E-state index in [0.29, 0.717) is 18.2 Å². The number of anilines is 1. The summed E-state index contributed by atoms with van der Waals surface area (Å²) in [6, 6.07) is 20.9. The lowest BCUT2D eigenvalue weighted by atomic mass is 9.74. The summed E-state index contributed by atoms with van der Waals surface area (Å²) >= 11 is 1.47. The van der Waals surface area contributed by atoms with E-state index in [0.717, 1.165) is 11.7 Å². The topological polar surface area (TPSA) is 51.7 Å². The molecule has 4 rings (SSSR count). The zero-order valence-electron chi connectivity index (χ0n) is 18.9. The quantitative estimate of drug-likeness (QED) is 0.391. The van der Waals surface area contributed by atoms with E-state index in [1.807, 2.05) is 12.1 Å². The molecule has 0 bridgehead atoms. The van der Waals surface area contributed by atoms with E-state index in [1.54, 1.807) is 12.3 Å². The number of nitrogens with zero attached hydrogens (tertiary/aromatic N) is 2. The van der Waals surface area contributed by atoms with Gasteiger partial charge >= 0.3 is 5.97 Å². The van der Waals surface area contributed by atoms with E-state index >= 15 is 0 Å². The highest BCUT2D eigenvalue weighted by molar-refractivity contribution is 7.14. The predicted octanol–water partition coefficient (Wildman–Crippen LogP) is 3.95. The Labute approximate surface area is 195 Å². The molecule has 1 fully saturated rings. The Morgan fingerprint density at radius 3 is 2.22 bits per heavy atom. The van der Waals surface area contributed by atoms with E-state index in [2.05, 4.69) is 79.2 Å². The zero-order chi connectivity index (χ0) is 22.7. The molecule has 1 aromatic heterocycles. The second-order valence-corrected chi connectivity index (χ2v) is 11.8. The monoisotopic (exact) mass is 465 g/mol. The van der Waals surface area contributed by atoms with Crippen LogP contribution in [0.4, 0.5) is 5.13 Å². The summed E-state index contributed by atoms with van der Waals surface area (Å²) in [5.41, 5.74) is 0.449.